The molecule has 0 spiro atoms. The van der Waals surface area contributed by atoms with Gasteiger partial charge in [-0.25, -0.2) is 19.1 Å². The number of amides is 3. The Morgan fingerprint density at radius 3 is 2.06 bits per heavy atom. The van der Waals surface area contributed by atoms with E-state index < -0.39 is 46.4 Å². The number of rotatable bonds is 19. The van der Waals surface area contributed by atoms with Crippen LogP contribution in [0.3, 0.4) is 0 Å². The smallest absolute Gasteiger partial charge is 0.407 e. The Balaban J connectivity index is 1.07. The first-order valence-electron chi connectivity index (χ1n) is 22.8. The van der Waals surface area contributed by atoms with Crippen molar-refractivity contribution in [3.8, 4) is 5.75 Å². The molecule has 0 bridgehead atoms. The quantitative estimate of drug-likeness (QED) is 0.0136. The highest BCUT2D eigenvalue weighted by molar-refractivity contribution is 8.00. The zero-order valence-corrected chi connectivity index (χ0v) is 41.9. The fraction of sp³-hybridized carbons (Fsp3) is 0.264. The number of hydrogen-bond donors (Lipinski definition) is 3. The third-order valence-corrected chi connectivity index (χ3v) is 13.9. The molecule has 366 valence electrons. The molecule has 4 heterocycles. The molecule has 0 unspecified atom stereocenters. The van der Waals surface area contributed by atoms with E-state index in [2.05, 4.69) is 21.1 Å². The number of anilines is 1. The lowest BCUT2D eigenvalue weighted by Crippen LogP contribution is -2.71. The van der Waals surface area contributed by atoms with Crippen LogP contribution in [0.4, 0.5) is 9.93 Å². The SMILES string of the molecule is COc1ccc(COC(=O)C2=C(C[n+]3ccccc3)CS[C@H]3[C@H](NC(=O)/C(=N\OCCCNC(=O)OC(C)(C)C)c4nc(NC(c5ccccc5)(c5ccccc5)c5ccccc5)sc4Cl)C(=O)N23)cc1. The molecule has 71 heavy (non-hydrogen) atoms. The number of oxime groups is 1. The van der Waals surface area contributed by atoms with Crippen LogP contribution in [0.15, 0.2) is 162 Å². The summed E-state index contributed by atoms with van der Waals surface area (Å²) in [7, 11) is 1.57. The highest BCUT2D eigenvalue weighted by Gasteiger charge is 2.55. The third-order valence-electron chi connectivity index (χ3n) is 11.4. The maximum absolute atomic E-state index is 14.6. The van der Waals surface area contributed by atoms with E-state index >= 15 is 0 Å². The average Bonchev–Trinajstić information content (AvgIpc) is 3.75. The van der Waals surface area contributed by atoms with Gasteiger partial charge in [-0.2, -0.15) is 0 Å². The summed E-state index contributed by atoms with van der Waals surface area (Å²) in [5.41, 5.74) is 2.38. The van der Waals surface area contributed by atoms with Gasteiger partial charge in [0.2, 0.25) is 0 Å². The molecule has 1 saturated heterocycles. The molecule has 0 aliphatic carbocycles. The predicted molar refractivity (Wildman–Crippen MR) is 273 cm³/mol. The number of methoxy groups -OCH3 is 1. The summed E-state index contributed by atoms with van der Waals surface area (Å²) >= 11 is 9.57. The second-order valence-corrected chi connectivity index (χ2v) is 20.2. The number of halogens is 1. The number of thioether (sulfide) groups is 1. The van der Waals surface area contributed by atoms with Gasteiger partial charge >= 0.3 is 12.1 Å². The lowest BCUT2D eigenvalue weighted by atomic mass is 9.77. The highest BCUT2D eigenvalue weighted by atomic mass is 35.5. The van der Waals surface area contributed by atoms with Crippen molar-refractivity contribution in [1.82, 2.24) is 20.5 Å². The molecular weight excluding hydrogens is 962 g/mol. The molecule has 18 heteroatoms. The van der Waals surface area contributed by atoms with Gasteiger partial charge in [0, 0.05) is 36.4 Å². The molecule has 0 radical (unpaired) electrons. The van der Waals surface area contributed by atoms with Crippen LogP contribution in [0.1, 0.15) is 55.1 Å². The van der Waals surface area contributed by atoms with Crippen molar-refractivity contribution >= 4 is 69.4 Å². The van der Waals surface area contributed by atoms with Crippen molar-refractivity contribution in [2.75, 3.05) is 31.3 Å². The number of β-lactam (4-membered cyclic amide) rings is 1. The predicted octanol–water partition coefficient (Wildman–Crippen LogP) is 8.23. The average molecular weight is 1020 g/mol. The van der Waals surface area contributed by atoms with Crippen LogP contribution in [0.2, 0.25) is 4.34 Å². The first-order valence-corrected chi connectivity index (χ1v) is 25.1. The van der Waals surface area contributed by atoms with E-state index in [1.54, 1.807) is 52.1 Å². The van der Waals surface area contributed by atoms with E-state index in [9.17, 15) is 19.2 Å². The van der Waals surface area contributed by atoms with Crippen molar-refractivity contribution < 1.29 is 42.8 Å². The number of aromatic nitrogens is 2. The fourth-order valence-electron chi connectivity index (χ4n) is 8.09. The summed E-state index contributed by atoms with van der Waals surface area (Å²) in [4.78, 5) is 67.3. The molecule has 3 N–H and O–H groups in total. The Hall–Kier alpha value is -7.21. The molecule has 2 atom stereocenters. The molecule has 4 aromatic carbocycles. The van der Waals surface area contributed by atoms with E-state index in [-0.39, 0.29) is 41.2 Å². The van der Waals surface area contributed by atoms with Gasteiger partial charge in [-0.3, -0.25) is 14.5 Å². The van der Waals surface area contributed by atoms with Crippen LogP contribution in [-0.4, -0.2) is 82.5 Å². The van der Waals surface area contributed by atoms with E-state index in [0.717, 1.165) is 33.6 Å². The minimum atomic E-state index is -1.07. The van der Waals surface area contributed by atoms with Gasteiger partial charge in [-0.1, -0.05) is 137 Å². The zero-order chi connectivity index (χ0) is 50.0. The van der Waals surface area contributed by atoms with Gasteiger partial charge < -0.3 is 35.0 Å². The van der Waals surface area contributed by atoms with Crippen LogP contribution in [0, 0.1) is 0 Å². The van der Waals surface area contributed by atoms with Gasteiger partial charge in [0.25, 0.3) is 11.8 Å². The first-order chi connectivity index (χ1) is 34.3. The summed E-state index contributed by atoms with van der Waals surface area (Å²) in [5, 5.41) is 13.2. The summed E-state index contributed by atoms with van der Waals surface area (Å²) in [6, 6.07) is 41.5. The highest BCUT2D eigenvalue weighted by Crippen LogP contribution is 2.43. The Morgan fingerprint density at radius 2 is 1.46 bits per heavy atom. The van der Waals surface area contributed by atoms with E-state index in [1.807, 2.05) is 126 Å². The van der Waals surface area contributed by atoms with E-state index in [0.29, 0.717) is 35.2 Å². The molecule has 15 nitrogen and oxygen atoms in total. The minimum absolute atomic E-state index is 0.0106. The van der Waals surface area contributed by atoms with Crippen molar-refractivity contribution in [3.05, 3.63) is 189 Å². The number of thiazole rings is 1. The van der Waals surface area contributed by atoms with Gasteiger partial charge in [0.15, 0.2) is 29.8 Å². The fourth-order valence-corrected chi connectivity index (χ4v) is 10.5. The van der Waals surface area contributed by atoms with Crippen molar-refractivity contribution in [3.63, 3.8) is 0 Å². The molecule has 3 amide bonds. The number of carbonyl (C=O) groups excluding carboxylic acids is 4. The number of hydrogen-bond acceptors (Lipinski definition) is 13. The summed E-state index contributed by atoms with van der Waals surface area (Å²) in [6.07, 6.45) is 3.48. The molecule has 8 rings (SSSR count). The largest absolute Gasteiger partial charge is 0.497 e. The van der Waals surface area contributed by atoms with Crippen LogP contribution in [0.25, 0.3) is 0 Å². The van der Waals surface area contributed by atoms with Crippen LogP contribution in [-0.2, 0) is 47.4 Å². The second kappa shape index (κ2) is 22.7. The number of alkyl carbamates (subject to hydrolysis) is 1. The number of nitrogens with one attached hydrogen (secondary N) is 3. The lowest BCUT2D eigenvalue weighted by molar-refractivity contribution is -0.689. The van der Waals surface area contributed by atoms with Crippen LogP contribution in [0.5, 0.6) is 5.75 Å². The van der Waals surface area contributed by atoms with E-state index in [1.165, 1.54) is 16.7 Å². The van der Waals surface area contributed by atoms with Gasteiger partial charge in [0.1, 0.15) is 57.2 Å². The molecule has 6 aromatic rings. The van der Waals surface area contributed by atoms with Crippen molar-refractivity contribution in [2.24, 2.45) is 5.16 Å². The normalized spacial score (nSPS) is 15.8. The number of pyridine rings is 1. The second-order valence-electron chi connectivity index (χ2n) is 17.5. The zero-order valence-electron chi connectivity index (χ0n) is 39.5. The standard InChI is InChI=1S/C53H52ClN7O8S2/c1-52(2,3)69-51(65)55-28-17-31-68-59-42(41-45(54)71-50(57-41)58-53(37-18-9-5-10-19-37,38-20-11-6-12-21-38)39-22-13-7-14-23-39)46(62)56-43-47(63)61-44(49(64)67-33-35-24-26-40(66-4)27-25-35)36(34-70-48(43)61)32-60-29-15-8-16-30-60/h5-16,18-27,29-30,43,48H,17,28,31-34H2,1-4H3,(H2-,55,56,57,58,62,65)/p+1/b59-42-/t43-,48+/m1/s1. The van der Waals surface area contributed by atoms with Crippen molar-refractivity contribution in [1.29, 1.82) is 0 Å². The Bertz CT molecular complexity index is 2790. The monoisotopic (exact) mass is 1010 g/mol. The maximum atomic E-state index is 14.6. The van der Waals surface area contributed by atoms with Crippen LogP contribution < -0.4 is 25.3 Å². The number of benzene rings is 4. The number of fused-ring (bicyclic) bond motifs is 1. The third kappa shape index (κ3) is 11.9. The summed E-state index contributed by atoms with van der Waals surface area (Å²) in [6.45, 7) is 5.79. The lowest BCUT2D eigenvalue weighted by Gasteiger charge is -2.49. The van der Waals surface area contributed by atoms with Gasteiger partial charge in [0.05, 0.1) is 7.11 Å². The van der Waals surface area contributed by atoms with Crippen molar-refractivity contribution in [2.45, 2.75) is 62.9 Å². The number of ether oxygens (including phenoxy) is 3. The Labute approximate surface area is 425 Å². The Morgan fingerprint density at radius 1 is 0.859 bits per heavy atom. The molecule has 2 aliphatic heterocycles. The van der Waals surface area contributed by atoms with Gasteiger partial charge in [-0.05, 0) is 55.2 Å². The minimum Gasteiger partial charge on any atom is -0.497 e. The van der Waals surface area contributed by atoms with Crippen LogP contribution >= 0.6 is 34.7 Å². The molecule has 0 saturated carbocycles. The first kappa shape index (κ1) is 50.2. The number of carbonyl (C=O) groups is 4. The summed E-state index contributed by atoms with van der Waals surface area (Å²) in [5.74, 6) is -0.932. The molecule has 1 fully saturated rings. The molecule has 2 aliphatic rings. The van der Waals surface area contributed by atoms with Gasteiger partial charge in [-0.15, -0.1) is 11.8 Å². The number of esters is 1. The molecular formula is C53H53ClN7O8S2+. The maximum Gasteiger partial charge on any atom is 0.407 e. The van der Waals surface area contributed by atoms with E-state index in [4.69, 9.17) is 35.6 Å². The topological polar surface area (TPSA) is 174 Å². The Kier molecular flexibility index (Phi) is 16.0. The molecule has 2 aromatic heterocycles. The number of nitrogens with zero attached hydrogens (tertiary/aromatic N) is 4. The summed E-state index contributed by atoms with van der Waals surface area (Å²) < 4.78 is 18.5.